The second kappa shape index (κ2) is 14.7. The Morgan fingerprint density at radius 2 is 1.48 bits per heavy atom. The van der Waals surface area contributed by atoms with Gasteiger partial charge in [0.15, 0.2) is 0 Å². The molecule has 4 aliphatic carbocycles. The van der Waals surface area contributed by atoms with Crippen molar-refractivity contribution in [1.82, 2.24) is 0 Å². The molecule has 4 rings (SSSR count). The average molecular weight is 723 g/mol. The molecule has 194 valence electrons. The second-order valence-corrected chi connectivity index (χ2v) is 33.9. The standard InChI is InChI=1S/C25H47ISi2.2CH3.2ClH.Zr/c1-6-7-9-18-12-13-20(16-18)27(2,3)28(4,5)24-15-14-22-23(24)17-19-10-8-11-21(19)25(22)26;;;;;/h18-25H,6-17H2,1-5H3;2*1H3;2*1H;/q;2*-1;;;+4/p-2. The van der Waals surface area contributed by atoms with Crippen molar-refractivity contribution in [3.63, 3.8) is 0 Å². The number of fused-ring (bicyclic) bond motifs is 2. The van der Waals surface area contributed by atoms with Gasteiger partial charge in [-0.25, -0.2) is 0 Å². The van der Waals surface area contributed by atoms with Gasteiger partial charge in [0, 0.05) is 19.1 Å². The van der Waals surface area contributed by atoms with Gasteiger partial charge >= 0.3 is 37.9 Å². The van der Waals surface area contributed by atoms with E-state index in [0.29, 0.717) is 0 Å². The minimum atomic E-state index is -1.17. The van der Waals surface area contributed by atoms with Crippen molar-refractivity contribution in [2.75, 3.05) is 0 Å². The summed E-state index contributed by atoms with van der Waals surface area (Å²) in [4.78, 5) is 0. The quantitative estimate of drug-likeness (QED) is 0.111. The molecule has 4 saturated carbocycles. The van der Waals surface area contributed by atoms with Crippen molar-refractivity contribution < 1.29 is 20.8 Å². The molecule has 6 heteroatoms. The number of unbranched alkanes of at least 4 members (excludes halogenated alkanes) is 1. The molecular formula is C27H53Cl2ISi2Zr. The SMILES string of the molecule is CCCCC1CCC([Si](C)(C)[Si](C)(C)C2CCC3C(I)C4CCCC4CC32)C1.[CH3-].[CH3-].[Cl][Zr+2][Cl]. The van der Waals surface area contributed by atoms with E-state index >= 15 is 0 Å². The predicted octanol–water partition coefficient (Wildman–Crippen LogP) is 11.1. The Bertz CT molecular complexity index is 576. The van der Waals surface area contributed by atoms with Crippen LogP contribution in [-0.4, -0.2) is 19.1 Å². The molecule has 0 amide bonds. The molecule has 33 heavy (non-hydrogen) atoms. The van der Waals surface area contributed by atoms with Crippen molar-refractivity contribution >= 4 is 54.8 Å². The van der Waals surface area contributed by atoms with Crippen LogP contribution < -0.4 is 0 Å². The van der Waals surface area contributed by atoms with E-state index < -0.39 is 36.0 Å². The van der Waals surface area contributed by atoms with Gasteiger partial charge in [-0.1, -0.05) is 113 Å². The zero-order valence-corrected chi connectivity index (χ0v) is 30.9. The molecule has 0 spiro atoms. The van der Waals surface area contributed by atoms with Crippen molar-refractivity contribution in [3.05, 3.63) is 14.9 Å². The number of alkyl halides is 1. The van der Waals surface area contributed by atoms with E-state index in [1.54, 1.807) is 57.8 Å². The van der Waals surface area contributed by atoms with E-state index in [9.17, 15) is 0 Å². The van der Waals surface area contributed by atoms with E-state index in [-0.39, 0.29) is 14.9 Å². The molecule has 0 aromatic rings. The molecule has 0 bridgehead atoms. The maximum absolute atomic E-state index is 4.93. The van der Waals surface area contributed by atoms with Gasteiger partial charge in [0.05, 0.1) is 0 Å². The fourth-order valence-corrected chi connectivity index (χ4v) is 24.5. The summed E-state index contributed by atoms with van der Waals surface area (Å²) in [5.41, 5.74) is 2.33. The summed E-state index contributed by atoms with van der Waals surface area (Å²) < 4.78 is 1.02. The third-order valence-electron chi connectivity index (χ3n) is 11.1. The van der Waals surface area contributed by atoms with Crippen molar-refractivity contribution in [2.24, 2.45) is 29.6 Å². The number of hydrogen-bond acceptors (Lipinski definition) is 0. The first-order valence-corrected chi connectivity index (χ1v) is 28.0. The van der Waals surface area contributed by atoms with E-state index in [4.69, 9.17) is 17.0 Å². The Hall–Kier alpha value is 2.63. The fourth-order valence-electron chi connectivity index (χ4n) is 8.66. The Morgan fingerprint density at radius 1 is 0.818 bits per heavy atom. The van der Waals surface area contributed by atoms with Crippen LogP contribution in [0.15, 0.2) is 0 Å². The molecule has 4 fully saturated rings. The summed E-state index contributed by atoms with van der Waals surface area (Å²) in [5.74, 6) is 5.54. The molecule has 0 saturated heterocycles. The molecule has 0 aromatic carbocycles. The molecule has 0 aliphatic heterocycles. The molecule has 0 aromatic heterocycles. The molecule has 4 aliphatic rings. The number of halogens is 3. The van der Waals surface area contributed by atoms with E-state index in [2.05, 4.69) is 55.7 Å². The summed E-state index contributed by atoms with van der Waals surface area (Å²) in [5, 5.41) is 0. The zero-order chi connectivity index (χ0) is 22.8. The summed E-state index contributed by atoms with van der Waals surface area (Å²) in [6.07, 6.45) is 18.7. The van der Waals surface area contributed by atoms with Crippen LogP contribution in [-0.2, 0) is 20.8 Å². The van der Waals surface area contributed by atoms with Crippen LogP contribution in [0, 0.1) is 44.4 Å². The van der Waals surface area contributed by atoms with Crippen LogP contribution >= 0.6 is 39.6 Å². The van der Waals surface area contributed by atoms with Gasteiger partial charge in [0.2, 0.25) is 0 Å². The molecule has 8 atom stereocenters. The first-order chi connectivity index (χ1) is 14.7. The van der Waals surface area contributed by atoms with Crippen LogP contribution in [0.25, 0.3) is 0 Å². The Kier molecular flexibility index (Phi) is 15.0. The number of rotatable bonds is 6. The second-order valence-electron chi connectivity index (χ2n) is 12.6. The topological polar surface area (TPSA) is 0 Å². The van der Waals surface area contributed by atoms with Crippen LogP contribution in [0.5, 0.6) is 0 Å². The van der Waals surface area contributed by atoms with Gasteiger partial charge in [-0.2, -0.15) is 0 Å². The van der Waals surface area contributed by atoms with Gasteiger partial charge in [0.1, 0.15) is 0 Å². The molecule has 0 nitrogen and oxygen atoms in total. The van der Waals surface area contributed by atoms with E-state index in [1.807, 2.05) is 0 Å². The van der Waals surface area contributed by atoms with E-state index in [0.717, 1.165) is 39.1 Å². The predicted molar refractivity (Wildman–Crippen MR) is 163 cm³/mol. The molecule has 0 radical (unpaired) electrons. The molecule has 8 unspecified atom stereocenters. The first kappa shape index (κ1) is 33.7. The van der Waals surface area contributed by atoms with Crippen molar-refractivity contribution in [3.8, 4) is 0 Å². The fraction of sp³-hybridized carbons (Fsp3) is 0.926. The van der Waals surface area contributed by atoms with Crippen LogP contribution in [0.4, 0.5) is 0 Å². The van der Waals surface area contributed by atoms with E-state index in [1.165, 1.54) is 24.8 Å². The van der Waals surface area contributed by atoms with Crippen LogP contribution in [0.3, 0.4) is 0 Å². The summed E-state index contributed by atoms with van der Waals surface area (Å²) in [6.45, 7) is 13.9. The Balaban J connectivity index is 0.00000103. The maximum atomic E-state index is 4.93. The monoisotopic (exact) mass is 720 g/mol. The summed E-state index contributed by atoms with van der Waals surface area (Å²) >= 11 is 2.11. The molecule has 0 heterocycles. The van der Waals surface area contributed by atoms with Gasteiger partial charge in [-0.3, -0.25) is 0 Å². The van der Waals surface area contributed by atoms with Gasteiger partial charge in [-0.05, 0) is 59.9 Å². The third kappa shape index (κ3) is 7.18. The normalized spacial score (nSPS) is 37.6. The molecular weight excluding hydrogens is 670 g/mol. The Labute approximate surface area is 242 Å². The minimum absolute atomic E-state index is 0. The van der Waals surface area contributed by atoms with Gasteiger partial charge < -0.3 is 14.9 Å². The third-order valence-corrected chi connectivity index (χ3v) is 33.7. The van der Waals surface area contributed by atoms with Gasteiger partial charge in [-0.15, -0.1) is 0 Å². The average Bonchev–Trinajstić information content (AvgIpc) is 3.46. The van der Waals surface area contributed by atoms with Crippen LogP contribution in [0.1, 0.15) is 84.0 Å². The number of hydrogen-bond donors (Lipinski definition) is 0. The zero-order valence-electron chi connectivity index (χ0n) is 22.7. The van der Waals surface area contributed by atoms with Gasteiger partial charge in [0.25, 0.3) is 0 Å². The summed E-state index contributed by atoms with van der Waals surface area (Å²) in [7, 11) is 7.56. The summed E-state index contributed by atoms with van der Waals surface area (Å²) in [6, 6.07) is 0. The van der Waals surface area contributed by atoms with Crippen LogP contribution in [0.2, 0.25) is 37.3 Å². The van der Waals surface area contributed by atoms with Crippen molar-refractivity contribution in [2.45, 2.75) is 125 Å². The Morgan fingerprint density at radius 3 is 2.12 bits per heavy atom. The molecule has 0 N–H and O–H groups in total. The first-order valence-electron chi connectivity index (χ1n) is 13.3. The van der Waals surface area contributed by atoms with Crippen molar-refractivity contribution in [1.29, 1.82) is 0 Å².